The Hall–Kier alpha value is -2.08. The van der Waals surface area contributed by atoms with Gasteiger partial charge in [-0.1, -0.05) is 6.07 Å². The molecule has 23 heavy (non-hydrogen) atoms. The first kappa shape index (κ1) is 17.3. The highest BCUT2D eigenvalue weighted by molar-refractivity contribution is 6.02. The van der Waals surface area contributed by atoms with Crippen molar-refractivity contribution < 1.29 is 9.90 Å². The largest absolute Gasteiger partial charge is 0.481 e. The number of hydrogen-bond acceptors (Lipinski definition) is 4. The lowest BCUT2D eigenvalue weighted by Crippen LogP contribution is -2.34. The Kier molecular flexibility index (Phi) is 5.98. The standard InChI is InChI=1S/C17H26N4O2/c1-19-15-11-13(3-4-14(15)17(18)20-2)12-5-8-21(9-6-12)10-7-16(22)23/h3-4,11-12,19H,5-10H2,1-2H3,(H2,18,20)(H,22,23). The molecular formula is C17H26N4O2. The summed E-state index contributed by atoms with van der Waals surface area (Å²) in [7, 11) is 3.58. The summed E-state index contributed by atoms with van der Waals surface area (Å²) in [5.74, 6) is 0.318. The third-order valence-electron chi connectivity index (χ3n) is 4.53. The fourth-order valence-corrected chi connectivity index (χ4v) is 3.11. The molecule has 0 aromatic heterocycles. The first-order chi connectivity index (χ1) is 11.0. The molecule has 4 N–H and O–H groups in total. The summed E-state index contributed by atoms with van der Waals surface area (Å²) in [5, 5.41) is 12.0. The van der Waals surface area contributed by atoms with Crippen molar-refractivity contribution in [3.8, 4) is 0 Å². The number of benzene rings is 1. The Bertz CT molecular complexity index is 578. The summed E-state index contributed by atoms with van der Waals surface area (Å²) >= 11 is 0. The van der Waals surface area contributed by atoms with E-state index >= 15 is 0 Å². The van der Waals surface area contributed by atoms with Gasteiger partial charge in [0.15, 0.2) is 0 Å². The molecule has 0 amide bonds. The van der Waals surface area contributed by atoms with Crippen molar-refractivity contribution in [2.24, 2.45) is 10.7 Å². The Balaban J connectivity index is 2.02. The van der Waals surface area contributed by atoms with Gasteiger partial charge in [-0.15, -0.1) is 0 Å². The van der Waals surface area contributed by atoms with Crippen molar-refractivity contribution in [3.05, 3.63) is 29.3 Å². The Morgan fingerprint density at radius 3 is 2.70 bits per heavy atom. The van der Waals surface area contributed by atoms with Crippen molar-refractivity contribution in [3.63, 3.8) is 0 Å². The summed E-state index contributed by atoms with van der Waals surface area (Å²) in [6.07, 6.45) is 2.33. The van der Waals surface area contributed by atoms with Crippen LogP contribution in [0.2, 0.25) is 0 Å². The minimum atomic E-state index is -0.725. The van der Waals surface area contributed by atoms with Gasteiger partial charge in [0, 0.05) is 31.9 Å². The van der Waals surface area contributed by atoms with Gasteiger partial charge in [-0.25, -0.2) is 0 Å². The molecular weight excluding hydrogens is 292 g/mol. The van der Waals surface area contributed by atoms with Crippen LogP contribution in [0.3, 0.4) is 0 Å². The van der Waals surface area contributed by atoms with E-state index < -0.39 is 5.97 Å². The van der Waals surface area contributed by atoms with Crippen LogP contribution >= 0.6 is 0 Å². The van der Waals surface area contributed by atoms with E-state index in [9.17, 15) is 4.79 Å². The van der Waals surface area contributed by atoms with Crippen LogP contribution in [0.4, 0.5) is 5.69 Å². The number of piperidine rings is 1. The van der Waals surface area contributed by atoms with E-state index in [0.29, 0.717) is 18.3 Å². The molecule has 0 spiro atoms. The molecule has 1 aliphatic rings. The maximum atomic E-state index is 10.7. The molecule has 0 saturated carbocycles. The molecule has 1 heterocycles. The highest BCUT2D eigenvalue weighted by Crippen LogP contribution is 2.30. The summed E-state index contributed by atoms with van der Waals surface area (Å²) in [4.78, 5) is 16.9. The number of aliphatic imine (C=N–C) groups is 1. The number of aliphatic carboxylic acids is 1. The summed E-state index contributed by atoms with van der Waals surface area (Å²) < 4.78 is 0. The monoisotopic (exact) mass is 318 g/mol. The molecule has 1 fully saturated rings. The summed E-state index contributed by atoms with van der Waals surface area (Å²) in [6.45, 7) is 2.55. The van der Waals surface area contributed by atoms with Gasteiger partial charge < -0.3 is 21.1 Å². The van der Waals surface area contributed by atoms with E-state index in [1.54, 1.807) is 7.05 Å². The van der Waals surface area contributed by atoms with E-state index in [2.05, 4.69) is 27.3 Å². The molecule has 0 radical (unpaired) electrons. The predicted octanol–water partition coefficient (Wildman–Crippen LogP) is 1.72. The van der Waals surface area contributed by atoms with Gasteiger partial charge in [-0.3, -0.25) is 9.79 Å². The van der Waals surface area contributed by atoms with Gasteiger partial charge >= 0.3 is 5.97 Å². The first-order valence-corrected chi connectivity index (χ1v) is 8.03. The third-order valence-corrected chi connectivity index (χ3v) is 4.53. The minimum Gasteiger partial charge on any atom is -0.481 e. The second-order valence-electron chi connectivity index (χ2n) is 5.92. The van der Waals surface area contributed by atoms with E-state index in [-0.39, 0.29) is 6.42 Å². The van der Waals surface area contributed by atoms with Crippen molar-refractivity contribution >= 4 is 17.5 Å². The van der Waals surface area contributed by atoms with E-state index in [1.165, 1.54) is 5.56 Å². The average molecular weight is 318 g/mol. The fraction of sp³-hybridized carbons (Fsp3) is 0.529. The Morgan fingerprint density at radius 1 is 1.43 bits per heavy atom. The number of carboxylic acids is 1. The third kappa shape index (κ3) is 4.45. The molecule has 6 heteroatoms. The maximum absolute atomic E-state index is 10.7. The predicted molar refractivity (Wildman–Crippen MR) is 93.3 cm³/mol. The number of anilines is 1. The molecule has 6 nitrogen and oxygen atoms in total. The van der Waals surface area contributed by atoms with Crippen LogP contribution in [0.15, 0.2) is 23.2 Å². The van der Waals surface area contributed by atoms with Gasteiger partial charge in [0.05, 0.1) is 6.42 Å². The van der Waals surface area contributed by atoms with E-state index in [1.807, 2.05) is 13.1 Å². The number of nitrogens with two attached hydrogens (primary N) is 1. The number of hydrogen-bond donors (Lipinski definition) is 3. The highest BCUT2D eigenvalue weighted by Gasteiger charge is 2.21. The molecule has 0 unspecified atom stereocenters. The van der Waals surface area contributed by atoms with Crippen LogP contribution in [0, 0.1) is 0 Å². The zero-order valence-electron chi connectivity index (χ0n) is 13.9. The number of nitrogens with one attached hydrogen (secondary N) is 1. The zero-order chi connectivity index (χ0) is 16.8. The van der Waals surface area contributed by atoms with Crippen molar-refractivity contribution in [2.75, 3.05) is 39.0 Å². The fourth-order valence-electron chi connectivity index (χ4n) is 3.11. The quantitative estimate of drug-likeness (QED) is 0.549. The molecule has 1 saturated heterocycles. The normalized spacial score (nSPS) is 17.2. The topological polar surface area (TPSA) is 91.0 Å². The second-order valence-corrected chi connectivity index (χ2v) is 5.92. The smallest absolute Gasteiger partial charge is 0.304 e. The van der Waals surface area contributed by atoms with Gasteiger partial charge in [0.25, 0.3) is 0 Å². The van der Waals surface area contributed by atoms with E-state index in [0.717, 1.165) is 37.2 Å². The Morgan fingerprint density at radius 2 is 2.13 bits per heavy atom. The number of rotatable bonds is 6. The number of likely N-dealkylation sites (tertiary alicyclic amines) is 1. The lowest BCUT2D eigenvalue weighted by molar-refractivity contribution is -0.137. The number of nitrogens with zero attached hydrogens (tertiary/aromatic N) is 2. The highest BCUT2D eigenvalue weighted by atomic mass is 16.4. The van der Waals surface area contributed by atoms with E-state index in [4.69, 9.17) is 10.8 Å². The average Bonchev–Trinajstić information content (AvgIpc) is 2.59. The summed E-state index contributed by atoms with van der Waals surface area (Å²) in [6, 6.07) is 6.32. The van der Waals surface area contributed by atoms with Crippen molar-refractivity contribution in [2.45, 2.75) is 25.2 Å². The molecule has 0 aliphatic carbocycles. The second kappa shape index (κ2) is 7.97. The van der Waals surface area contributed by atoms with Crippen LogP contribution in [0.5, 0.6) is 0 Å². The minimum absolute atomic E-state index is 0.221. The molecule has 0 bridgehead atoms. The lowest BCUT2D eigenvalue weighted by atomic mass is 9.88. The lowest BCUT2D eigenvalue weighted by Gasteiger charge is -2.32. The molecule has 0 atom stereocenters. The van der Waals surface area contributed by atoms with Crippen LogP contribution in [0.25, 0.3) is 0 Å². The SMILES string of the molecule is CN=C(N)c1ccc(C2CCN(CCC(=O)O)CC2)cc1NC. The molecule has 1 aromatic carbocycles. The molecule has 1 aliphatic heterocycles. The van der Waals surface area contributed by atoms with Gasteiger partial charge in [0.1, 0.15) is 5.84 Å². The molecule has 2 rings (SSSR count). The van der Waals surface area contributed by atoms with Gasteiger partial charge in [0.2, 0.25) is 0 Å². The first-order valence-electron chi connectivity index (χ1n) is 8.03. The summed E-state index contributed by atoms with van der Waals surface area (Å²) in [5.41, 5.74) is 9.16. The van der Waals surface area contributed by atoms with Crippen LogP contribution < -0.4 is 11.1 Å². The molecule has 1 aromatic rings. The number of carbonyl (C=O) groups is 1. The maximum Gasteiger partial charge on any atom is 0.304 e. The van der Waals surface area contributed by atoms with Crippen molar-refractivity contribution in [1.29, 1.82) is 0 Å². The van der Waals surface area contributed by atoms with Crippen molar-refractivity contribution in [1.82, 2.24) is 4.90 Å². The van der Waals surface area contributed by atoms with Crippen LogP contribution in [-0.2, 0) is 4.79 Å². The number of carboxylic acid groups (broad SMARTS) is 1. The number of amidine groups is 1. The van der Waals surface area contributed by atoms with Gasteiger partial charge in [-0.05, 0) is 49.5 Å². The Labute approximate surface area is 137 Å². The zero-order valence-corrected chi connectivity index (χ0v) is 13.9. The van der Waals surface area contributed by atoms with Crippen LogP contribution in [-0.4, -0.2) is 55.5 Å². The van der Waals surface area contributed by atoms with Gasteiger partial charge in [-0.2, -0.15) is 0 Å². The van der Waals surface area contributed by atoms with Crippen LogP contribution in [0.1, 0.15) is 36.3 Å². The molecule has 126 valence electrons.